The van der Waals surface area contributed by atoms with Crippen molar-refractivity contribution in [1.29, 1.82) is 0 Å². The average molecular weight is 244 g/mol. The Morgan fingerprint density at radius 1 is 1.33 bits per heavy atom. The lowest BCUT2D eigenvalue weighted by Gasteiger charge is -1.96. The summed E-state index contributed by atoms with van der Waals surface area (Å²) in [4.78, 5) is 12.0. The molecule has 0 aliphatic rings. The number of aliphatic hydroxyl groups is 1. The van der Waals surface area contributed by atoms with Crippen LogP contribution in [0.15, 0.2) is 33.6 Å². The first-order valence-corrected chi connectivity index (χ1v) is 5.77. The Hall–Kier alpha value is -2.14. The molecule has 0 aliphatic heterocycles. The Kier molecular flexibility index (Phi) is 2.41. The van der Waals surface area contributed by atoms with Gasteiger partial charge in [0.25, 0.3) is 0 Å². The molecule has 3 rings (SSSR count). The van der Waals surface area contributed by atoms with E-state index < -0.39 is 12.3 Å². The molecule has 0 saturated carbocycles. The Bertz CT molecular complexity index is 786. The molecule has 5 heteroatoms. The molecule has 0 amide bonds. The van der Waals surface area contributed by atoms with Crippen molar-refractivity contribution in [1.82, 2.24) is 9.78 Å². The number of fused-ring (bicyclic) bond motifs is 3. The highest BCUT2D eigenvalue weighted by molar-refractivity contribution is 6.05. The summed E-state index contributed by atoms with van der Waals surface area (Å²) in [6.45, 7) is 1.58. The SMILES string of the molecule is CCc1cccc2c1oc1c(=O)n(CO)ncc12. The summed E-state index contributed by atoms with van der Waals surface area (Å²) in [6, 6.07) is 5.82. The molecule has 92 valence electrons. The molecule has 0 bridgehead atoms. The Balaban J connectivity index is 2.50. The number of para-hydroxylation sites is 1. The van der Waals surface area contributed by atoms with Crippen molar-refractivity contribution < 1.29 is 9.52 Å². The van der Waals surface area contributed by atoms with E-state index >= 15 is 0 Å². The van der Waals surface area contributed by atoms with Crippen LogP contribution in [0, 0.1) is 0 Å². The number of rotatable bonds is 2. The second kappa shape index (κ2) is 3.96. The summed E-state index contributed by atoms with van der Waals surface area (Å²) in [5.74, 6) is 0. The maximum absolute atomic E-state index is 12.0. The number of furan rings is 1. The zero-order valence-electron chi connectivity index (χ0n) is 9.88. The molecule has 2 aromatic heterocycles. The van der Waals surface area contributed by atoms with E-state index in [1.165, 1.54) is 0 Å². The van der Waals surface area contributed by atoms with E-state index in [1.54, 1.807) is 6.20 Å². The topological polar surface area (TPSA) is 68.3 Å². The van der Waals surface area contributed by atoms with Gasteiger partial charge in [-0.3, -0.25) is 4.79 Å². The number of hydrogen-bond acceptors (Lipinski definition) is 4. The van der Waals surface area contributed by atoms with Crippen LogP contribution >= 0.6 is 0 Å². The zero-order chi connectivity index (χ0) is 12.7. The molecule has 0 radical (unpaired) electrons. The van der Waals surface area contributed by atoms with Gasteiger partial charge in [0.1, 0.15) is 12.3 Å². The number of aryl methyl sites for hydroxylation is 1. The minimum absolute atomic E-state index is 0.245. The molecule has 1 N–H and O–H groups in total. The normalized spacial score (nSPS) is 11.4. The lowest BCUT2D eigenvalue weighted by molar-refractivity contribution is 0.189. The summed E-state index contributed by atoms with van der Waals surface area (Å²) in [7, 11) is 0. The molecular formula is C13H12N2O3. The fourth-order valence-corrected chi connectivity index (χ4v) is 2.16. The van der Waals surface area contributed by atoms with Crippen LogP contribution in [0.2, 0.25) is 0 Å². The Morgan fingerprint density at radius 3 is 2.89 bits per heavy atom. The zero-order valence-corrected chi connectivity index (χ0v) is 9.88. The van der Waals surface area contributed by atoms with Crippen LogP contribution in [0.1, 0.15) is 12.5 Å². The molecule has 18 heavy (non-hydrogen) atoms. The molecule has 0 fully saturated rings. The highest BCUT2D eigenvalue weighted by Gasteiger charge is 2.14. The van der Waals surface area contributed by atoms with Crippen LogP contribution in [0.5, 0.6) is 0 Å². The third kappa shape index (κ3) is 1.37. The minimum atomic E-state index is -0.452. The number of hydrogen-bond donors (Lipinski definition) is 1. The number of aromatic nitrogens is 2. The van der Waals surface area contributed by atoms with E-state index in [9.17, 15) is 4.79 Å². The van der Waals surface area contributed by atoms with Crippen LogP contribution < -0.4 is 5.56 Å². The van der Waals surface area contributed by atoms with Gasteiger partial charge in [0.2, 0.25) is 5.58 Å². The summed E-state index contributed by atoms with van der Waals surface area (Å²) in [6.07, 6.45) is 2.39. The number of aliphatic hydroxyl groups excluding tert-OH is 1. The van der Waals surface area contributed by atoms with Crippen molar-refractivity contribution in [2.24, 2.45) is 0 Å². The van der Waals surface area contributed by atoms with Crippen LogP contribution in [-0.2, 0) is 13.2 Å². The maximum atomic E-state index is 12.0. The van der Waals surface area contributed by atoms with Crippen molar-refractivity contribution in [2.75, 3.05) is 0 Å². The molecule has 0 saturated heterocycles. The van der Waals surface area contributed by atoms with E-state index in [4.69, 9.17) is 9.52 Å². The van der Waals surface area contributed by atoms with Gasteiger partial charge in [-0.25, -0.2) is 4.68 Å². The predicted molar refractivity (Wildman–Crippen MR) is 67.4 cm³/mol. The molecule has 0 aliphatic carbocycles. The second-order valence-corrected chi connectivity index (χ2v) is 4.08. The van der Waals surface area contributed by atoms with Crippen LogP contribution in [-0.4, -0.2) is 14.9 Å². The van der Waals surface area contributed by atoms with E-state index in [1.807, 2.05) is 25.1 Å². The maximum Gasteiger partial charge on any atom is 0.312 e. The summed E-state index contributed by atoms with van der Waals surface area (Å²) < 4.78 is 6.63. The second-order valence-electron chi connectivity index (χ2n) is 4.08. The van der Waals surface area contributed by atoms with Gasteiger partial charge in [-0.15, -0.1) is 0 Å². The van der Waals surface area contributed by atoms with Crippen LogP contribution in [0.3, 0.4) is 0 Å². The third-order valence-electron chi connectivity index (χ3n) is 3.11. The first-order valence-electron chi connectivity index (χ1n) is 5.77. The van der Waals surface area contributed by atoms with Gasteiger partial charge in [-0.05, 0) is 12.0 Å². The van der Waals surface area contributed by atoms with Gasteiger partial charge in [0.15, 0.2) is 0 Å². The van der Waals surface area contributed by atoms with Crippen LogP contribution in [0.4, 0.5) is 0 Å². The summed E-state index contributed by atoms with van der Waals surface area (Å²) in [5, 5.41) is 14.5. The number of nitrogens with zero attached hydrogens (tertiary/aromatic N) is 2. The first kappa shape index (κ1) is 11.0. The lowest BCUT2D eigenvalue weighted by atomic mass is 10.1. The van der Waals surface area contributed by atoms with E-state index in [-0.39, 0.29) is 5.58 Å². The Labute approximate surface area is 102 Å². The van der Waals surface area contributed by atoms with Gasteiger partial charge in [-0.2, -0.15) is 5.10 Å². The molecule has 1 aromatic carbocycles. The van der Waals surface area contributed by atoms with Crippen molar-refractivity contribution in [2.45, 2.75) is 20.1 Å². The van der Waals surface area contributed by atoms with E-state index in [2.05, 4.69) is 5.10 Å². The van der Waals surface area contributed by atoms with Crippen LogP contribution in [0.25, 0.3) is 21.9 Å². The molecule has 5 nitrogen and oxygen atoms in total. The fourth-order valence-electron chi connectivity index (χ4n) is 2.16. The highest BCUT2D eigenvalue weighted by atomic mass is 16.3. The highest BCUT2D eigenvalue weighted by Crippen LogP contribution is 2.28. The molecule has 2 heterocycles. The lowest BCUT2D eigenvalue weighted by Crippen LogP contribution is -2.21. The average Bonchev–Trinajstić information content (AvgIpc) is 2.79. The molecule has 3 aromatic rings. The standard InChI is InChI=1S/C13H12N2O3/c1-2-8-4-3-5-9-10-6-14-15(7-16)13(17)12(10)18-11(8)9/h3-6,16H,2,7H2,1H3. The van der Waals surface area contributed by atoms with Gasteiger partial charge in [0, 0.05) is 5.39 Å². The summed E-state index contributed by atoms with van der Waals surface area (Å²) in [5.41, 5.74) is 1.62. The molecule has 0 spiro atoms. The number of benzene rings is 1. The molecular weight excluding hydrogens is 232 g/mol. The van der Waals surface area contributed by atoms with Gasteiger partial charge in [0.05, 0.1) is 11.6 Å². The van der Waals surface area contributed by atoms with Gasteiger partial charge < -0.3 is 9.52 Å². The molecule has 0 atom stereocenters. The van der Waals surface area contributed by atoms with Crippen molar-refractivity contribution in [3.8, 4) is 0 Å². The molecule has 0 unspecified atom stereocenters. The van der Waals surface area contributed by atoms with Gasteiger partial charge in [-0.1, -0.05) is 25.1 Å². The Morgan fingerprint density at radius 2 is 2.17 bits per heavy atom. The van der Waals surface area contributed by atoms with Crippen molar-refractivity contribution in [3.05, 3.63) is 40.3 Å². The monoisotopic (exact) mass is 244 g/mol. The smallest absolute Gasteiger partial charge is 0.312 e. The minimum Gasteiger partial charge on any atom is -0.450 e. The third-order valence-corrected chi connectivity index (χ3v) is 3.11. The van der Waals surface area contributed by atoms with E-state index in [0.29, 0.717) is 5.39 Å². The predicted octanol–water partition coefficient (Wildman–Crippen LogP) is 1.65. The van der Waals surface area contributed by atoms with E-state index in [0.717, 1.165) is 27.6 Å². The van der Waals surface area contributed by atoms with Crippen molar-refractivity contribution >= 4 is 21.9 Å². The largest absolute Gasteiger partial charge is 0.450 e. The van der Waals surface area contributed by atoms with Gasteiger partial charge >= 0.3 is 5.56 Å². The quantitative estimate of drug-likeness (QED) is 0.744. The summed E-state index contributed by atoms with van der Waals surface area (Å²) >= 11 is 0. The fraction of sp³-hybridized carbons (Fsp3) is 0.231. The first-order chi connectivity index (χ1) is 8.76. The van der Waals surface area contributed by atoms with Crippen molar-refractivity contribution in [3.63, 3.8) is 0 Å².